The molecule has 1 saturated heterocycles. The molecule has 1 aromatic heterocycles. The van der Waals surface area contributed by atoms with Gasteiger partial charge >= 0.3 is 0 Å². The first kappa shape index (κ1) is 7.70. The van der Waals surface area contributed by atoms with E-state index in [4.69, 9.17) is 0 Å². The van der Waals surface area contributed by atoms with Crippen molar-refractivity contribution in [3.05, 3.63) is 12.2 Å². The van der Waals surface area contributed by atoms with Crippen LogP contribution in [0.4, 0.5) is 0 Å². The maximum atomic E-state index is 9.50. The molecular weight excluding hydrogens is 156 g/mol. The third-order valence-electron chi connectivity index (χ3n) is 2.13. The summed E-state index contributed by atoms with van der Waals surface area (Å²) in [6.07, 6.45) is 1.31. The fraction of sp³-hybridized carbons (Fsp3) is 0.714. The lowest BCUT2D eigenvalue weighted by molar-refractivity contribution is 0.174. The summed E-state index contributed by atoms with van der Waals surface area (Å²) in [6, 6.07) is 0. The van der Waals surface area contributed by atoms with Crippen molar-refractivity contribution >= 4 is 0 Å². The van der Waals surface area contributed by atoms with E-state index in [1.54, 1.807) is 11.0 Å². The number of aryl methyl sites for hydroxylation is 1. The molecule has 0 radical (unpaired) electrons. The fourth-order valence-electron chi connectivity index (χ4n) is 1.45. The van der Waals surface area contributed by atoms with E-state index < -0.39 is 0 Å². The summed E-state index contributed by atoms with van der Waals surface area (Å²) in [5, 5.41) is 16.7. The van der Waals surface area contributed by atoms with Crippen LogP contribution in [0.5, 0.6) is 0 Å². The van der Waals surface area contributed by atoms with E-state index in [1.165, 1.54) is 0 Å². The van der Waals surface area contributed by atoms with E-state index in [1.807, 2.05) is 7.05 Å². The Morgan fingerprint density at radius 2 is 2.50 bits per heavy atom. The number of hydrogen-bond donors (Lipinski definition) is 2. The van der Waals surface area contributed by atoms with Crippen LogP contribution in [0.25, 0.3) is 0 Å². The van der Waals surface area contributed by atoms with Gasteiger partial charge in [-0.15, -0.1) is 0 Å². The quantitative estimate of drug-likeness (QED) is 0.556. The van der Waals surface area contributed by atoms with Crippen LogP contribution in [-0.2, 0) is 7.05 Å². The molecule has 5 nitrogen and oxygen atoms in total. The maximum absolute atomic E-state index is 9.50. The number of aromatic nitrogens is 3. The minimum atomic E-state index is -0.340. The third-order valence-corrected chi connectivity index (χ3v) is 2.13. The number of rotatable bonds is 1. The van der Waals surface area contributed by atoms with Gasteiger partial charge in [0.15, 0.2) is 5.82 Å². The van der Waals surface area contributed by atoms with Crippen LogP contribution < -0.4 is 5.32 Å². The molecule has 2 N–H and O–H groups in total. The Morgan fingerprint density at radius 3 is 3.00 bits per heavy atom. The fourth-order valence-corrected chi connectivity index (χ4v) is 1.45. The number of nitrogens with zero attached hydrogens (tertiary/aromatic N) is 3. The van der Waals surface area contributed by atoms with Gasteiger partial charge < -0.3 is 10.4 Å². The molecule has 5 heteroatoms. The third kappa shape index (κ3) is 1.21. The topological polar surface area (TPSA) is 63.0 Å². The van der Waals surface area contributed by atoms with Crippen LogP contribution in [0, 0.1) is 0 Å². The zero-order valence-corrected chi connectivity index (χ0v) is 6.94. The van der Waals surface area contributed by atoms with Crippen molar-refractivity contribution in [2.45, 2.75) is 12.0 Å². The van der Waals surface area contributed by atoms with Gasteiger partial charge in [0.2, 0.25) is 0 Å². The largest absolute Gasteiger partial charge is 0.391 e. The average molecular weight is 168 g/mol. The van der Waals surface area contributed by atoms with Gasteiger partial charge in [-0.3, -0.25) is 4.68 Å². The minimum absolute atomic E-state index is 0.0613. The summed E-state index contributed by atoms with van der Waals surface area (Å²) >= 11 is 0. The zero-order valence-electron chi connectivity index (χ0n) is 6.94. The van der Waals surface area contributed by atoms with Crippen molar-refractivity contribution in [1.82, 2.24) is 20.1 Å². The monoisotopic (exact) mass is 168 g/mol. The summed E-state index contributed by atoms with van der Waals surface area (Å²) in [7, 11) is 1.82. The van der Waals surface area contributed by atoms with Gasteiger partial charge in [0.05, 0.1) is 12.0 Å². The highest BCUT2D eigenvalue weighted by Crippen LogP contribution is 2.18. The number of β-amino-alcohol motifs (C(OH)–C–C–N with tert-alkyl or cyclic N) is 1. The van der Waals surface area contributed by atoms with Gasteiger partial charge in [0.25, 0.3) is 0 Å². The second-order valence-corrected chi connectivity index (χ2v) is 3.11. The number of aliphatic hydroxyl groups is 1. The summed E-state index contributed by atoms with van der Waals surface area (Å²) in [5.41, 5.74) is 0. The Kier molecular flexibility index (Phi) is 1.82. The van der Waals surface area contributed by atoms with Crippen molar-refractivity contribution in [3.8, 4) is 0 Å². The highest BCUT2D eigenvalue weighted by Gasteiger charge is 2.29. The minimum Gasteiger partial charge on any atom is -0.391 e. The first-order valence-electron chi connectivity index (χ1n) is 4.01. The standard InChI is InChI=1S/C7H12N4O/c1-11-4-9-7(10-11)5-2-8-3-6(5)12/h4-6,8,12H,2-3H2,1H3/t5-,6-/m1/s1. The van der Waals surface area contributed by atoms with Crippen LogP contribution in [0.1, 0.15) is 11.7 Å². The molecule has 0 bridgehead atoms. The molecule has 1 aliphatic rings. The maximum Gasteiger partial charge on any atom is 0.157 e. The van der Waals surface area contributed by atoms with Gasteiger partial charge in [0, 0.05) is 20.1 Å². The van der Waals surface area contributed by atoms with Gasteiger partial charge in [-0.25, -0.2) is 4.98 Å². The second kappa shape index (κ2) is 2.84. The van der Waals surface area contributed by atoms with Gasteiger partial charge in [0.1, 0.15) is 6.33 Å². The van der Waals surface area contributed by atoms with Gasteiger partial charge in [-0.1, -0.05) is 0 Å². The Labute approximate surface area is 70.4 Å². The highest BCUT2D eigenvalue weighted by atomic mass is 16.3. The predicted molar refractivity (Wildman–Crippen MR) is 42.6 cm³/mol. The van der Waals surface area contributed by atoms with Crippen molar-refractivity contribution < 1.29 is 5.11 Å². The molecular formula is C7H12N4O. The van der Waals surface area contributed by atoms with Crippen molar-refractivity contribution in [1.29, 1.82) is 0 Å². The zero-order chi connectivity index (χ0) is 8.55. The van der Waals surface area contributed by atoms with E-state index in [9.17, 15) is 5.11 Å². The van der Waals surface area contributed by atoms with E-state index in [2.05, 4.69) is 15.4 Å². The number of hydrogen-bond acceptors (Lipinski definition) is 4. The number of nitrogens with one attached hydrogen (secondary N) is 1. The molecule has 0 spiro atoms. The molecule has 0 amide bonds. The normalized spacial score (nSPS) is 29.5. The Hall–Kier alpha value is -0.940. The molecule has 0 aromatic carbocycles. The van der Waals surface area contributed by atoms with Crippen molar-refractivity contribution in [3.63, 3.8) is 0 Å². The van der Waals surface area contributed by atoms with E-state index in [0.717, 1.165) is 12.4 Å². The molecule has 12 heavy (non-hydrogen) atoms. The SMILES string of the molecule is Cn1cnc([C@@H]2CNC[C@H]2O)n1. The summed E-state index contributed by atoms with van der Waals surface area (Å²) in [6.45, 7) is 1.41. The van der Waals surface area contributed by atoms with E-state index in [-0.39, 0.29) is 12.0 Å². The lowest BCUT2D eigenvalue weighted by Crippen LogP contribution is -2.17. The molecule has 0 saturated carbocycles. The van der Waals surface area contributed by atoms with Crippen molar-refractivity contribution in [2.75, 3.05) is 13.1 Å². The van der Waals surface area contributed by atoms with Crippen molar-refractivity contribution in [2.24, 2.45) is 7.05 Å². The second-order valence-electron chi connectivity index (χ2n) is 3.11. The molecule has 2 heterocycles. The lowest BCUT2D eigenvalue weighted by atomic mass is 10.1. The van der Waals surface area contributed by atoms with Crippen LogP contribution in [0.15, 0.2) is 6.33 Å². The molecule has 2 rings (SSSR count). The molecule has 1 aliphatic heterocycles. The predicted octanol–water partition coefficient (Wildman–Crippen LogP) is -1.14. The average Bonchev–Trinajstić information content (AvgIpc) is 2.58. The summed E-state index contributed by atoms with van der Waals surface area (Å²) in [5.74, 6) is 0.793. The molecule has 1 aromatic rings. The smallest absolute Gasteiger partial charge is 0.157 e. The molecule has 0 aliphatic carbocycles. The van der Waals surface area contributed by atoms with E-state index in [0.29, 0.717) is 6.54 Å². The first-order chi connectivity index (χ1) is 5.77. The van der Waals surface area contributed by atoms with Gasteiger partial charge in [-0.05, 0) is 0 Å². The molecule has 0 unspecified atom stereocenters. The summed E-state index contributed by atoms with van der Waals surface area (Å²) < 4.78 is 1.65. The van der Waals surface area contributed by atoms with Crippen LogP contribution in [0.2, 0.25) is 0 Å². The Balaban J connectivity index is 2.19. The Bertz CT molecular complexity index is 272. The molecule has 1 fully saturated rings. The van der Waals surface area contributed by atoms with E-state index >= 15 is 0 Å². The van der Waals surface area contributed by atoms with Crippen LogP contribution >= 0.6 is 0 Å². The van der Waals surface area contributed by atoms with Crippen LogP contribution in [0.3, 0.4) is 0 Å². The molecule has 2 atom stereocenters. The first-order valence-corrected chi connectivity index (χ1v) is 4.01. The van der Waals surface area contributed by atoms with Gasteiger partial charge in [-0.2, -0.15) is 5.10 Å². The molecule has 66 valence electrons. The highest BCUT2D eigenvalue weighted by molar-refractivity contribution is 5.02. The van der Waals surface area contributed by atoms with Crippen LogP contribution in [-0.4, -0.2) is 39.1 Å². The lowest BCUT2D eigenvalue weighted by Gasteiger charge is -2.07. The number of aliphatic hydroxyl groups excluding tert-OH is 1. The summed E-state index contributed by atoms with van der Waals surface area (Å²) in [4.78, 5) is 4.10. The Morgan fingerprint density at radius 1 is 1.67 bits per heavy atom.